The van der Waals surface area contributed by atoms with Crippen LogP contribution in [0.1, 0.15) is 45.1 Å². The Morgan fingerprint density at radius 2 is 1.69 bits per heavy atom. The number of hydrogen-bond donors (Lipinski definition) is 2. The third-order valence-corrected chi connectivity index (χ3v) is 4.71. The fourth-order valence-corrected chi connectivity index (χ4v) is 3.15. The van der Waals surface area contributed by atoms with Crippen LogP contribution in [0.25, 0.3) is 0 Å². The maximum Gasteiger partial charge on any atom is 0.243 e. The molecule has 1 aromatic rings. The Bertz CT molecular complexity index is 634. The highest BCUT2D eigenvalue weighted by Gasteiger charge is 2.29. The SMILES string of the molecule is Cc1ccc(NC(=O)CNC(=O)CN(C(=O)C2CCCC2)C(C)C)cc1. The van der Waals surface area contributed by atoms with Gasteiger partial charge in [0.05, 0.1) is 13.1 Å². The van der Waals surface area contributed by atoms with Gasteiger partial charge in [-0.1, -0.05) is 30.5 Å². The molecule has 0 radical (unpaired) electrons. The van der Waals surface area contributed by atoms with E-state index in [0.29, 0.717) is 5.69 Å². The van der Waals surface area contributed by atoms with E-state index in [2.05, 4.69) is 10.6 Å². The highest BCUT2D eigenvalue weighted by atomic mass is 16.2. The number of aryl methyl sites for hydroxylation is 1. The smallest absolute Gasteiger partial charge is 0.243 e. The first kappa shape index (κ1) is 19.9. The second-order valence-corrected chi connectivity index (χ2v) is 7.23. The molecule has 0 spiro atoms. The van der Waals surface area contributed by atoms with Gasteiger partial charge < -0.3 is 15.5 Å². The number of anilines is 1. The fraction of sp³-hybridized carbons (Fsp3) is 0.550. The lowest BCUT2D eigenvalue weighted by Crippen LogP contribution is -2.47. The molecule has 0 unspecified atom stereocenters. The van der Waals surface area contributed by atoms with E-state index in [1.165, 1.54) is 0 Å². The van der Waals surface area contributed by atoms with E-state index in [4.69, 9.17) is 0 Å². The number of nitrogens with one attached hydrogen (secondary N) is 2. The third kappa shape index (κ3) is 5.86. The maximum absolute atomic E-state index is 12.6. The average Bonchev–Trinajstić information content (AvgIpc) is 3.13. The van der Waals surface area contributed by atoms with Crippen molar-refractivity contribution < 1.29 is 14.4 Å². The molecular weight excluding hydrogens is 330 g/mol. The third-order valence-electron chi connectivity index (χ3n) is 4.71. The van der Waals surface area contributed by atoms with Crippen molar-refractivity contribution in [2.24, 2.45) is 5.92 Å². The summed E-state index contributed by atoms with van der Waals surface area (Å²) >= 11 is 0. The van der Waals surface area contributed by atoms with Gasteiger partial charge in [-0.25, -0.2) is 0 Å². The zero-order chi connectivity index (χ0) is 19.1. The van der Waals surface area contributed by atoms with E-state index < -0.39 is 0 Å². The van der Waals surface area contributed by atoms with Gasteiger partial charge in [-0.2, -0.15) is 0 Å². The lowest BCUT2D eigenvalue weighted by molar-refractivity contribution is -0.141. The molecule has 6 heteroatoms. The highest BCUT2D eigenvalue weighted by molar-refractivity contribution is 5.95. The van der Waals surface area contributed by atoms with Crippen LogP contribution in [0.15, 0.2) is 24.3 Å². The molecular formula is C20H29N3O3. The first-order chi connectivity index (χ1) is 12.4. The monoisotopic (exact) mass is 359 g/mol. The van der Waals surface area contributed by atoms with Gasteiger partial charge in [0.2, 0.25) is 17.7 Å². The van der Waals surface area contributed by atoms with Gasteiger partial charge in [0.15, 0.2) is 0 Å². The molecule has 0 saturated heterocycles. The van der Waals surface area contributed by atoms with Crippen molar-refractivity contribution in [2.75, 3.05) is 18.4 Å². The first-order valence-electron chi connectivity index (χ1n) is 9.30. The van der Waals surface area contributed by atoms with Crippen LogP contribution in [0.5, 0.6) is 0 Å². The van der Waals surface area contributed by atoms with Crippen LogP contribution in [0.3, 0.4) is 0 Å². The molecule has 2 rings (SSSR count). The second-order valence-electron chi connectivity index (χ2n) is 7.23. The number of benzene rings is 1. The quantitative estimate of drug-likeness (QED) is 0.785. The summed E-state index contributed by atoms with van der Waals surface area (Å²) in [6.07, 6.45) is 3.96. The topological polar surface area (TPSA) is 78.5 Å². The van der Waals surface area contributed by atoms with Crippen molar-refractivity contribution in [3.63, 3.8) is 0 Å². The van der Waals surface area contributed by atoms with E-state index >= 15 is 0 Å². The molecule has 3 amide bonds. The molecule has 142 valence electrons. The van der Waals surface area contributed by atoms with Crippen LogP contribution >= 0.6 is 0 Å². The van der Waals surface area contributed by atoms with Gasteiger partial charge in [0.1, 0.15) is 0 Å². The zero-order valence-electron chi connectivity index (χ0n) is 15.9. The Labute approximate surface area is 155 Å². The first-order valence-corrected chi connectivity index (χ1v) is 9.30. The Balaban J connectivity index is 1.80. The Kier molecular flexibility index (Phi) is 7.18. The fourth-order valence-electron chi connectivity index (χ4n) is 3.15. The normalized spacial score (nSPS) is 14.3. The van der Waals surface area contributed by atoms with Crippen LogP contribution in [0.4, 0.5) is 5.69 Å². The molecule has 0 bridgehead atoms. The summed E-state index contributed by atoms with van der Waals surface area (Å²) in [5, 5.41) is 5.33. The van der Waals surface area contributed by atoms with E-state index in [-0.39, 0.29) is 42.8 Å². The Morgan fingerprint density at radius 1 is 1.08 bits per heavy atom. The van der Waals surface area contributed by atoms with Gasteiger partial charge in [0.25, 0.3) is 0 Å². The van der Waals surface area contributed by atoms with Crippen LogP contribution in [-0.4, -0.2) is 41.8 Å². The van der Waals surface area contributed by atoms with Crippen molar-refractivity contribution in [3.05, 3.63) is 29.8 Å². The number of carbonyl (C=O) groups is 3. The molecule has 6 nitrogen and oxygen atoms in total. The predicted octanol–water partition coefficient (Wildman–Crippen LogP) is 2.48. The summed E-state index contributed by atoms with van der Waals surface area (Å²) in [5.41, 5.74) is 1.80. The summed E-state index contributed by atoms with van der Waals surface area (Å²) in [7, 11) is 0. The number of hydrogen-bond acceptors (Lipinski definition) is 3. The van der Waals surface area contributed by atoms with E-state index in [1.807, 2.05) is 45.0 Å². The summed E-state index contributed by atoms with van der Waals surface area (Å²) in [5.74, 6) is -0.517. The molecule has 26 heavy (non-hydrogen) atoms. The summed E-state index contributed by atoms with van der Waals surface area (Å²) in [6, 6.07) is 7.40. The molecule has 0 aliphatic heterocycles. The largest absolute Gasteiger partial charge is 0.345 e. The lowest BCUT2D eigenvalue weighted by Gasteiger charge is -2.28. The van der Waals surface area contributed by atoms with E-state index in [9.17, 15) is 14.4 Å². The molecule has 1 fully saturated rings. The number of rotatable bonds is 7. The zero-order valence-corrected chi connectivity index (χ0v) is 15.9. The second kappa shape index (κ2) is 9.36. The molecule has 1 aliphatic rings. The van der Waals surface area contributed by atoms with Gasteiger partial charge in [-0.3, -0.25) is 14.4 Å². The molecule has 0 atom stereocenters. The van der Waals surface area contributed by atoms with Crippen LogP contribution in [0.2, 0.25) is 0 Å². The van der Waals surface area contributed by atoms with Gasteiger partial charge in [-0.05, 0) is 45.7 Å². The predicted molar refractivity (Wildman–Crippen MR) is 102 cm³/mol. The molecule has 2 N–H and O–H groups in total. The minimum Gasteiger partial charge on any atom is -0.345 e. The molecule has 1 saturated carbocycles. The molecule has 0 heterocycles. The number of amides is 3. The maximum atomic E-state index is 12.6. The summed E-state index contributed by atoms with van der Waals surface area (Å²) in [4.78, 5) is 38.4. The number of nitrogens with zero attached hydrogens (tertiary/aromatic N) is 1. The molecule has 1 aromatic carbocycles. The van der Waals surface area contributed by atoms with Gasteiger partial charge in [0, 0.05) is 17.6 Å². The van der Waals surface area contributed by atoms with Gasteiger partial charge in [-0.15, -0.1) is 0 Å². The van der Waals surface area contributed by atoms with E-state index in [1.54, 1.807) is 4.90 Å². The average molecular weight is 359 g/mol. The van der Waals surface area contributed by atoms with Crippen molar-refractivity contribution in [2.45, 2.75) is 52.5 Å². The highest BCUT2D eigenvalue weighted by Crippen LogP contribution is 2.27. The minimum atomic E-state index is -0.316. The number of carbonyl (C=O) groups excluding carboxylic acids is 3. The summed E-state index contributed by atoms with van der Waals surface area (Å²) in [6.45, 7) is 5.66. The van der Waals surface area contributed by atoms with E-state index in [0.717, 1.165) is 31.2 Å². The summed E-state index contributed by atoms with van der Waals surface area (Å²) < 4.78 is 0. The van der Waals surface area contributed by atoms with Crippen molar-refractivity contribution >= 4 is 23.4 Å². The van der Waals surface area contributed by atoms with Gasteiger partial charge >= 0.3 is 0 Å². The standard InChI is InChI=1S/C20H29N3O3/c1-14(2)23(20(26)16-6-4-5-7-16)13-19(25)21-12-18(24)22-17-10-8-15(3)9-11-17/h8-11,14,16H,4-7,12-13H2,1-3H3,(H,21,25)(H,22,24). The lowest BCUT2D eigenvalue weighted by atomic mass is 10.1. The van der Waals surface area contributed by atoms with Crippen LogP contribution in [-0.2, 0) is 14.4 Å². The van der Waals surface area contributed by atoms with Crippen LogP contribution in [0, 0.1) is 12.8 Å². The molecule has 1 aliphatic carbocycles. The van der Waals surface area contributed by atoms with Crippen molar-refractivity contribution in [1.29, 1.82) is 0 Å². The van der Waals surface area contributed by atoms with Crippen molar-refractivity contribution in [1.82, 2.24) is 10.2 Å². The molecule has 0 aromatic heterocycles. The Hall–Kier alpha value is -2.37. The minimum absolute atomic E-state index is 0.00912. The van der Waals surface area contributed by atoms with Crippen LogP contribution < -0.4 is 10.6 Å². The van der Waals surface area contributed by atoms with Crippen molar-refractivity contribution in [3.8, 4) is 0 Å². The Morgan fingerprint density at radius 3 is 2.27 bits per heavy atom.